The SMILES string of the molecule is COC(=O)c1cccc(-n2c(C)cc(/C=c3/sc4n(c3=O)[C@H](c3ccc(F)cc3)C(C(=O)Nc3ccccc3)=C(C)N=4)c2C)c1C. The average Bonchev–Trinajstić information content (AvgIpc) is 3.50. The van der Waals surface area contributed by atoms with Crippen LogP contribution in [0.3, 0.4) is 0 Å². The van der Waals surface area contributed by atoms with Crippen LogP contribution in [0.15, 0.2) is 99.9 Å². The molecule has 0 saturated heterocycles. The molecular weight excluding hydrogens is 603 g/mol. The minimum Gasteiger partial charge on any atom is -0.465 e. The first-order chi connectivity index (χ1) is 22.1. The van der Waals surface area contributed by atoms with Gasteiger partial charge in [-0.05, 0) is 92.9 Å². The largest absolute Gasteiger partial charge is 0.465 e. The van der Waals surface area contributed by atoms with Crippen molar-refractivity contribution < 1.29 is 18.7 Å². The van der Waals surface area contributed by atoms with Crippen molar-refractivity contribution in [1.82, 2.24) is 9.13 Å². The summed E-state index contributed by atoms with van der Waals surface area (Å²) >= 11 is 1.23. The Morgan fingerprint density at radius 3 is 2.39 bits per heavy atom. The topological polar surface area (TPSA) is 94.7 Å². The Balaban J connectivity index is 1.48. The number of amides is 1. The lowest BCUT2D eigenvalue weighted by Crippen LogP contribution is -2.40. The van der Waals surface area contributed by atoms with E-state index in [0.29, 0.717) is 37.4 Å². The van der Waals surface area contributed by atoms with E-state index in [1.807, 2.05) is 67.8 Å². The minimum absolute atomic E-state index is 0.300. The quantitative estimate of drug-likeness (QED) is 0.249. The molecule has 10 heteroatoms. The van der Waals surface area contributed by atoms with Crippen LogP contribution in [0.4, 0.5) is 10.1 Å². The Hall–Kier alpha value is -5.35. The maximum atomic E-state index is 14.2. The maximum absolute atomic E-state index is 14.2. The Bertz CT molecular complexity index is 2230. The number of halogens is 1. The van der Waals surface area contributed by atoms with E-state index >= 15 is 0 Å². The van der Waals surface area contributed by atoms with Crippen LogP contribution in [0, 0.1) is 26.6 Å². The van der Waals surface area contributed by atoms with E-state index in [4.69, 9.17) is 9.73 Å². The van der Waals surface area contributed by atoms with Gasteiger partial charge in [-0.15, -0.1) is 0 Å². The molecule has 5 aromatic rings. The van der Waals surface area contributed by atoms with Crippen molar-refractivity contribution in [3.63, 3.8) is 0 Å². The number of carbonyl (C=O) groups excluding carboxylic acids is 2. The lowest BCUT2D eigenvalue weighted by Gasteiger charge is -2.25. The molecule has 6 rings (SSSR count). The summed E-state index contributed by atoms with van der Waals surface area (Å²) in [6.45, 7) is 7.54. The second kappa shape index (κ2) is 12.2. The Labute approximate surface area is 268 Å². The van der Waals surface area contributed by atoms with Gasteiger partial charge >= 0.3 is 5.97 Å². The molecule has 0 unspecified atom stereocenters. The molecule has 1 aliphatic rings. The second-order valence-electron chi connectivity index (χ2n) is 11.1. The summed E-state index contributed by atoms with van der Waals surface area (Å²) in [6, 6.07) is 21.5. The molecule has 1 N–H and O–H groups in total. The number of ether oxygens (including phenoxy) is 1. The molecular formula is C36H31FN4O4S. The number of nitrogens with zero attached hydrogens (tertiary/aromatic N) is 3. The minimum atomic E-state index is -0.821. The van der Waals surface area contributed by atoms with Gasteiger partial charge < -0.3 is 14.6 Å². The van der Waals surface area contributed by atoms with Crippen LogP contribution >= 0.6 is 11.3 Å². The zero-order valence-electron chi connectivity index (χ0n) is 25.9. The number of thiazole rings is 1. The van der Waals surface area contributed by atoms with Crippen LogP contribution in [-0.2, 0) is 9.53 Å². The van der Waals surface area contributed by atoms with Gasteiger partial charge in [0.05, 0.1) is 34.5 Å². The van der Waals surface area contributed by atoms with Gasteiger partial charge in [0.2, 0.25) is 0 Å². The van der Waals surface area contributed by atoms with Crippen molar-refractivity contribution in [1.29, 1.82) is 0 Å². The number of anilines is 1. The monoisotopic (exact) mass is 634 g/mol. The van der Waals surface area contributed by atoms with E-state index in [-0.39, 0.29) is 5.56 Å². The van der Waals surface area contributed by atoms with Crippen molar-refractivity contribution >= 4 is 35.0 Å². The molecule has 0 radical (unpaired) electrons. The second-order valence-corrected chi connectivity index (χ2v) is 12.1. The Morgan fingerprint density at radius 1 is 0.978 bits per heavy atom. The van der Waals surface area contributed by atoms with Gasteiger partial charge in [-0.3, -0.25) is 14.2 Å². The van der Waals surface area contributed by atoms with Gasteiger partial charge in [0.25, 0.3) is 11.5 Å². The van der Waals surface area contributed by atoms with Gasteiger partial charge in [0, 0.05) is 22.8 Å². The third kappa shape index (κ3) is 5.41. The first-order valence-electron chi connectivity index (χ1n) is 14.6. The number of nitrogens with one attached hydrogen (secondary N) is 1. The highest BCUT2D eigenvalue weighted by atomic mass is 32.1. The molecule has 0 spiro atoms. The van der Waals surface area contributed by atoms with Gasteiger partial charge in [-0.25, -0.2) is 14.2 Å². The summed E-state index contributed by atoms with van der Waals surface area (Å²) < 4.78 is 22.9. The zero-order chi connectivity index (χ0) is 32.7. The van der Waals surface area contributed by atoms with E-state index in [1.165, 1.54) is 35.1 Å². The van der Waals surface area contributed by atoms with Crippen molar-refractivity contribution in [3.05, 3.63) is 149 Å². The molecule has 1 aliphatic heterocycles. The summed E-state index contributed by atoms with van der Waals surface area (Å²) in [6.07, 6.45) is 1.83. The fourth-order valence-corrected chi connectivity index (χ4v) is 6.97. The van der Waals surface area contributed by atoms with Gasteiger partial charge in [0.1, 0.15) is 5.82 Å². The molecule has 46 heavy (non-hydrogen) atoms. The number of rotatable bonds is 6. The molecule has 0 bridgehead atoms. The van der Waals surface area contributed by atoms with E-state index in [2.05, 4.69) is 5.32 Å². The molecule has 8 nitrogen and oxygen atoms in total. The van der Waals surface area contributed by atoms with E-state index < -0.39 is 23.7 Å². The maximum Gasteiger partial charge on any atom is 0.338 e. The van der Waals surface area contributed by atoms with Crippen LogP contribution in [0.1, 0.15) is 51.4 Å². The summed E-state index contributed by atoms with van der Waals surface area (Å²) in [4.78, 5) is 45.4. The fourth-order valence-electron chi connectivity index (χ4n) is 5.93. The first kappa shape index (κ1) is 30.7. The number of allylic oxidation sites excluding steroid dienone is 1. The summed E-state index contributed by atoms with van der Waals surface area (Å²) in [7, 11) is 1.36. The van der Waals surface area contributed by atoms with Gasteiger partial charge in [-0.1, -0.05) is 47.7 Å². The average molecular weight is 635 g/mol. The predicted octanol–water partition coefficient (Wildman–Crippen LogP) is 5.52. The molecule has 0 aliphatic carbocycles. The van der Waals surface area contributed by atoms with Crippen LogP contribution in [0.25, 0.3) is 11.8 Å². The molecule has 1 amide bonds. The number of para-hydroxylation sites is 1. The van der Waals surface area contributed by atoms with Crippen LogP contribution < -0.4 is 20.2 Å². The van der Waals surface area contributed by atoms with Crippen LogP contribution in [0.2, 0.25) is 0 Å². The normalized spacial score (nSPS) is 14.6. The number of aryl methyl sites for hydroxylation is 1. The molecule has 0 saturated carbocycles. The number of aromatic nitrogens is 2. The predicted molar refractivity (Wildman–Crippen MR) is 177 cm³/mol. The third-order valence-electron chi connectivity index (χ3n) is 8.19. The summed E-state index contributed by atoms with van der Waals surface area (Å²) in [5.41, 5.74) is 6.34. The number of carbonyl (C=O) groups is 2. The van der Waals surface area contributed by atoms with Crippen LogP contribution in [0.5, 0.6) is 0 Å². The lowest BCUT2D eigenvalue weighted by atomic mass is 9.95. The van der Waals surface area contributed by atoms with E-state index in [0.717, 1.165) is 28.2 Å². The van der Waals surface area contributed by atoms with Gasteiger partial charge in [-0.2, -0.15) is 0 Å². The van der Waals surface area contributed by atoms with Crippen molar-refractivity contribution in [2.45, 2.75) is 33.7 Å². The number of fused-ring (bicyclic) bond motifs is 1. The van der Waals surface area contributed by atoms with E-state index in [9.17, 15) is 18.8 Å². The lowest BCUT2D eigenvalue weighted by molar-refractivity contribution is -0.113. The number of hydrogen-bond acceptors (Lipinski definition) is 6. The molecule has 0 fully saturated rings. The molecule has 2 aromatic heterocycles. The van der Waals surface area contributed by atoms with E-state index in [1.54, 1.807) is 37.3 Å². The van der Waals surface area contributed by atoms with Crippen LogP contribution in [-0.4, -0.2) is 28.1 Å². The summed E-state index contributed by atoms with van der Waals surface area (Å²) in [5.74, 6) is -1.23. The number of hydrogen-bond donors (Lipinski definition) is 1. The summed E-state index contributed by atoms with van der Waals surface area (Å²) in [5, 5.41) is 2.92. The highest BCUT2D eigenvalue weighted by molar-refractivity contribution is 7.07. The van der Waals surface area contributed by atoms with Crippen molar-refractivity contribution in [2.24, 2.45) is 4.99 Å². The van der Waals surface area contributed by atoms with Crippen molar-refractivity contribution in [2.75, 3.05) is 12.4 Å². The molecule has 1 atom stereocenters. The first-order valence-corrected chi connectivity index (χ1v) is 15.4. The number of benzene rings is 3. The molecule has 232 valence electrons. The Morgan fingerprint density at radius 2 is 1.70 bits per heavy atom. The number of methoxy groups -OCH3 is 1. The Kier molecular flexibility index (Phi) is 8.14. The van der Waals surface area contributed by atoms with Crippen molar-refractivity contribution in [3.8, 4) is 5.69 Å². The number of esters is 1. The smallest absolute Gasteiger partial charge is 0.338 e. The fraction of sp³-hybridized carbons (Fsp3) is 0.167. The molecule has 3 aromatic carbocycles. The van der Waals surface area contributed by atoms with Gasteiger partial charge in [0.15, 0.2) is 4.80 Å². The molecule has 3 heterocycles. The highest BCUT2D eigenvalue weighted by Gasteiger charge is 2.32. The zero-order valence-corrected chi connectivity index (χ0v) is 26.7. The third-order valence-corrected chi connectivity index (χ3v) is 9.17. The standard InChI is InChI=1S/C36H31FN4O4S/c1-20-18-25(23(4)40(20)29-13-9-12-28(21(29)2)35(44)45-5)19-30-34(43)41-32(24-14-16-26(37)17-15-24)31(22(3)38-36(41)46-30)33(42)39-27-10-7-6-8-11-27/h6-19,32H,1-5H3,(H,39,42)/b30-19+/t32-/m1/s1. The highest BCUT2D eigenvalue weighted by Crippen LogP contribution is 2.31.